The second-order valence-corrected chi connectivity index (χ2v) is 5.94. The summed E-state index contributed by atoms with van der Waals surface area (Å²) < 4.78 is 5.36. The molecule has 0 aromatic heterocycles. The molecule has 1 saturated heterocycles. The molecule has 0 radical (unpaired) electrons. The Labute approximate surface area is 116 Å². The minimum absolute atomic E-state index is 0.0178. The maximum absolute atomic E-state index is 11.8. The largest absolute Gasteiger partial charge is 0.386 e. The number of amides is 1. The van der Waals surface area contributed by atoms with Gasteiger partial charge in [-0.05, 0) is 26.2 Å². The minimum atomic E-state index is -0.855. The molecule has 3 unspecified atom stereocenters. The van der Waals surface area contributed by atoms with Crippen molar-refractivity contribution in [3.05, 3.63) is 0 Å². The van der Waals surface area contributed by atoms with E-state index in [0.717, 1.165) is 6.42 Å². The van der Waals surface area contributed by atoms with Crippen molar-refractivity contribution in [2.75, 3.05) is 19.7 Å². The third-order valence-corrected chi connectivity index (χ3v) is 3.79. The van der Waals surface area contributed by atoms with Crippen molar-refractivity contribution < 1.29 is 14.6 Å². The molecule has 1 fully saturated rings. The zero-order valence-electron chi connectivity index (χ0n) is 12.5. The van der Waals surface area contributed by atoms with Crippen LogP contribution in [0, 0.1) is 5.92 Å². The van der Waals surface area contributed by atoms with E-state index in [1.165, 1.54) is 0 Å². The molecule has 0 aromatic rings. The molecule has 0 aromatic carbocycles. The number of rotatable bonds is 7. The highest BCUT2D eigenvalue weighted by atomic mass is 16.5. The third-order valence-electron chi connectivity index (χ3n) is 3.79. The molecule has 3 N–H and O–H groups in total. The maximum atomic E-state index is 11.8. The fourth-order valence-corrected chi connectivity index (χ4v) is 2.06. The number of carbonyl (C=O) groups excluding carboxylic acids is 1. The number of nitrogens with one attached hydrogen (secondary N) is 2. The fraction of sp³-hybridized carbons (Fsp3) is 0.929. The topological polar surface area (TPSA) is 70.6 Å². The van der Waals surface area contributed by atoms with Crippen LogP contribution in [0.3, 0.4) is 0 Å². The first-order valence-corrected chi connectivity index (χ1v) is 7.20. The number of aliphatic hydroxyl groups is 1. The molecule has 0 spiro atoms. The van der Waals surface area contributed by atoms with Crippen LogP contribution in [-0.4, -0.2) is 48.5 Å². The predicted octanol–water partition coefficient (Wildman–Crippen LogP) is 0.667. The van der Waals surface area contributed by atoms with Crippen molar-refractivity contribution >= 4 is 5.91 Å². The van der Waals surface area contributed by atoms with E-state index in [4.69, 9.17) is 4.74 Å². The lowest BCUT2D eigenvalue weighted by atomic mass is 9.96. The summed E-state index contributed by atoms with van der Waals surface area (Å²) in [5.74, 6) is 0.566. The van der Waals surface area contributed by atoms with Gasteiger partial charge in [-0.3, -0.25) is 4.79 Å². The molecule has 1 aliphatic rings. The molecule has 5 heteroatoms. The smallest absolute Gasteiger partial charge is 0.236 e. The van der Waals surface area contributed by atoms with Crippen LogP contribution in [0.5, 0.6) is 0 Å². The highest BCUT2D eigenvalue weighted by Crippen LogP contribution is 2.24. The summed E-state index contributed by atoms with van der Waals surface area (Å²) in [6, 6.07) is -0.302. The van der Waals surface area contributed by atoms with Gasteiger partial charge in [0.25, 0.3) is 0 Å². The van der Waals surface area contributed by atoms with Crippen molar-refractivity contribution in [3.63, 3.8) is 0 Å². The summed E-state index contributed by atoms with van der Waals surface area (Å²) in [4.78, 5) is 11.8. The van der Waals surface area contributed by atoms with E-state index in [1.807, 2.05) is 13.8 Å². The number of ether oxygens (including phenoxy) is 1. The van der Waals surface area contributed by atoms with Crippen molar-refractivity contribution in [2.24, 2.45) is 5.92 Å². The lowest BCUT2D eigenvalue weighted by Crippen LogP contribution is -2.51. The summed E-state index contributed by atoms with van der Waals surface area (Å²) in [5, 5.41) is 16.3. The van der Waals surface area contributed by atoms with Gasteiger partial charge in [-0.15, -0.1) is 0 Å². The summed E-state index contributed by atoms with van der Waals surface area (Å²) in [5.41, 5.74) is -0.855. The second kappa shape index (κ2) is 7.22. The van der Waals surface area contributed by atoms with Crippen LogP contribution < -0.4 is 10.6 Å². The number of carbonyl (C=O) groups is 1. The Hall–Kier alpha value is -0.650. The van der Waals surface area contributed by atoms with Crippen molar-refractivity contribution in [1.29, 1.82) is 0 Å². The van der Waals surface area contributed by atoms with Gasteiger partial charge in [0, 0.05) is 26.1 Å². The van der Waals surface area contributed by atoms with E-state index in [2.05, 4.69) is 24.5 Å². The van der Waals surface area contributed by atoms with E-state index >= 15 is 0 Å². The molecule has 19 heavy (non-hydrogen) atoms. The van der Waals surface area contributed by atoms with Gasteiger partial charge in [-0.25, -0.2) is 0 Å². The molecule has 1 rings (SSSR count). The zero-order valence-corrected chi connectivity index (χ0v) is 12.5. The molecule has 112 valence electrons. The third kappa shape index (κ3) is 5.09. The van der Waals surface area contributed by atoms with E-state index in [9.17, 15) is 9.90 Å². The van der Waals surface area contributed by atoms with Gasteiger partial charge >= 0.3 is 0 Å². The first-order valence-electron chi connectivity index (χ1n) is 7.20. The summed E-state index contributed by atoms with van der Waals surface area (Å²) in [6.07, 6.45) is 1.41. The Morgan fingerprint density at radius 2 is 2.16 bits per heavy atom. The van der Waals surface area contributed by atoms with E-state index < -0.39 is 5.60 Å². The Balaban J connectivity index is 2.26. The average Bonchev–Trinajstić information content (AvgIpc) is 2.66. The van der Waals surface area contributed by atoms with Crippen LogP contribution in [0.2, 0.25) is 0 Å². The van der Waals surface area contributed by atoms with Crippen LogP contribution in [0.4, 0.5) is 0 Å². The Morgan fingerprint density at radius 3 is 2.68 bits per heavy atom. The summed E-state index contributed by atoms with van der Waals surface area (Å²) >= 11 is 0. The van der Waals surface area contributed by atoms with Gasteiger partial charge in [0.1, 0.15) is 5.60 Å². The first-order chi connectivity index (χ1) is 8.85. The molecule has 5 nitrogen and oxygen atoms in total. The Bertz CT molecular complexity index is 296. The van der Waals surface area contributed by atoms with Crippen LogP contribution in [-0.2, 0) is 9.53 Å². The first kappa shape index (κ1) is 16.4. The molecular formula is C14H28N2O3. The minimum Gasteiger partial charge on any atom is -0.386 e. The van der Waals surface area contributed by atoms with E-state index in [-0.39, 0.29) is 18.1 Å². The van der Waals surface area contributed by atoms with Crippen LogP contribution in [0.25, 0.3) is 0 Å². The number of hydrogen-bond acceptors (Lipinski definition) is 4. The molecule has 0 saturated carbocycles. The van der Waals surface area contributed by atoms with Gasteiger partial charge in [0.05, 0.1) is 12.1 Å². The summed E-state index contributed by atoms with van der Waals surface area (Å²) in [6.45, 7) is 9.60. The van der Waals surface area contributed by atoms with Crippen molar-refractivity contribution in [2.45, 2.75) is 58.3 Å². The maximum Gasteiger partial charge on any atom is 0.236 e. The van der Waals surface area contributed by atoms with E-state index in [0.29, 0.717) is 32.0 Å². The molecule has 0 aliphatic carbocycles. The lowest BCUT2D eigenvalue weighted by molar-refractivity contribution is -0.123. The normalized spacial score (nSPS) is 28.6. The Kier molecular flexibility index (Phi) is 6.23. The molecule has 0 bridgehead atoms. The standard InChI is InChI=1S/C14H28N2O3/c1-10(2)5-7-15-13(17)11(3)16-9-14(18)6-8-19-12(14)4/h10-12,16,18H,5-9H2,1-4H3,(H,15,17). The molecule has 1 amide bonds. The van der Waals surface area contributed by atoms with Crippen molar-refractivity contribution in [1.82, 2.24) is 10.6 Å². The van der Waals surface area contributed by atoms with Gasteiger partial charge in [0.2, 0.25) is 5.91 Å². The van der Waals surface area contributed by atoms with Gasteiger partial charge in [0.15, 0.2) is 0 Å². The highest BCUT2D eigenvalue weighted by molar-refractivity contribution is 5.81. The summed E-state index contributed by atoms with van der Waals surface area (Å²) in [7, 11) is 0. The van der Waals surface area contributed by atoms with Crippen LogP contribution >= 0.6 is 0 Å². The quantitative estimate of drug-likeness (QED) is 0.637. The molecular weight excluding hydrogens is 244 g/mol. The van der Waals surface area contributed by atoms with Gasteiger partial charge < -0.3 is 20.5 Å². The molecule has 3 atom stereocenters. The van der Waals surface area contributed by atoms with Crippen LogP contribution in [0.15, 0.2) is 0 Å². The van der Waals surface area contributed by atoms with Crippen LogP contribution in [0.1, 0.15) is 40.5 Å². The zero-order chi connectivity index (χ0) is 14.5. The average molecular weight is 272 g/mol. The Morgan fingerprint density at radius 1 is 1.47 bits per heavy atom. The number of hydrogen-bond donors (Lipinski definition) is 3. The molecule has 1 heterocycles. The lowest BCUT2D eigenvalue weighted by Gasteiger charge is -2.27. The highest BCUT2D eigenvalue weighted by Gasteiger charge is 2.39. The van der Waals surface area contributed by atoms with Crippen molar-refractivity contribution in [3.8, 4) is 0 Å². The second-order valence-electron chi connectivity index (χ2n) is 5.94. The van der Waals surface area contributed by atoms with E-state index in [1.54, 1.807) is 0 Å². The SMILES string of the molecule is CC(C)CCNC(=O)C(C)NCC1(O)CCOC1C. The predicted molar refractivity (Wildman–Crippen MR) is 74.9 cm³/mol. The van der Waals surface area contributed by atoms with Gasteiger partial charge in [-0.1, -0.05) is 13.8 Å². The van der Waals surface area contributed by atoms with Gasteiger partial charge in [-0.2, -0.15) is 0 Å². The monoisotopic (exact) mass is 272 g/mol. The fourth-order valence-electron chi connectivity index (χ4n) is 2.06. The molecule has 1 aliphatic heterocycles.